The Bertz CT molecular complexity index is 361. The summed E-state index contributed by atoms with van der Waals surface area (Å²) >= 11 is 3.46. The molecule has 0 fully saturated rings. The molecule has 1 rings (SSSR count). The molecule has 0 unspecified atom stereocenters. The van der Waals surface area contributed by atoms with Gasteiger partial charge in [-0.15, -0.1) is 0 Å². The zero-order valence-corrected chi connectivity index (χ0v) is 11.7. The van der Waals surface area contributed by atoms with E-state index in [0.29, 0.717) is 5.92 Å². The Morgan fingerprint density at radius 3 is 2.53 bits per heavy atom. The lowest BCUT2D eigenvalue weighted by atomic mass is 10.1. The summed E-state index contributed by atoms with van der Waals surface area (Å²) in [4.78, 5) is 0. The van der Waals surface area contributed by atoms with Gasteiger partial charge in [0.15, 0.2) is 0 Å². The van der Waals surface area contributed by atoms with Crippen LogP contribution in [0.3, 0.4) is 0 Å². The van der Waals surface area contributed by atoms with Crippen molar-refractivity contribution in [1.29, 1.82) is 0 Å². The van der Waals surface area contributed by atoms with Gasteiger partial charge in [-0.25, -0.2) is 0 Å². The van der Waals surface area contributed by atoms with Crippen molar-refractivity contribution in [3.8, 4) is 0 Å². The van der Waals surface area contributed by atoms with Crippen LogP contribution < -0.4 is 0 Å². The van der Waals surface area contributed by atoms with E-state index in [0.717, 1.165) is 17.4 Å². The molecule has 1 aromatic heterocycles. The van der Waals surface area contributed by atoms with Crippen molar-refractivity contribution in [1.82, 2.24) is 4.57 Å². The molecule has 1 aromatic rings. The third-order valence-corrected chi connectivity index (χ3v) is 3.34. The largest absolute Gasteiger partial charge is 0.348 e. The van der Waals surface area contributed by atoms with Gasteiger partial charge in [0.05, 0.1) is 0 Å². The standard InChI is InChI=1S/C13H20BrN/c1-9(2)8-15-11(4)6-13(12(15)5)10(3)7-14/h6,9H,3,7-8H2,1-2,4-5H3. The van der Waals surface area contributed by atoms with Crippen LogP contribution >= 0.6 is 15.9 Å². The van der Waals surface area contributed by atoms with Gasteiger partial charge in [-0.05, 0) is 37.0 Å². The summed E-state index contributed by atoms with van der Waals surface area (Å²) < 4.78 is 2.38. The Kier molecular flexibility index (Phi) is 4.21. The molecule has 0 aliphatic carbocycles. The molecule has 0 radical (unpaired) electrons. The van der Waals surface area contributed by atoms with E-state index in [-0.39, 0.29) is 0 Å². The fraction of sp³-hybridized carbons (Fsp3) is 0.538. The molecule has 1 nitrogen and oxygen atoms in total. The van der Waals surface area contributed by atoms with Crippen molar-refractivity contribution in [2.24, 2.45) is 5.92 Å². The molecule has 2 heteroatoms. The number of rotatable bonds is 4. The van der Waals surface area contributed by atoms with Crippen LogP contribution in [0.5, 0.6) is 0 Å². The summed E-state index contributed by atoms with van der Waals surface area (Å²) in [5.74, 6) is 0.680. The molecule has 84 valence electrons. The van der Waals surface area contributed by atoms with Crippen LogP contribution in [0.2, 0.25) is 0 Å². The molecular weight excluding hydrogens is 250 g/mol. The summed E-state index contributed by atoms with van der Waals surface area (Å²) in [7, 11) is 0. The minimum absolute atomic E-state index is 0.680. The summed E-state index contributed by atoms with van der Waals surface area (Å²) in [6.45, 7) is 14.0. The molecule has 0 saturated carbocycles. The fourth-order valence-electron chi connectivity index (χ4n) is 1.88. The van der Waals surface area contributed by atoms with Crippen LogP contribution in [0, 0.1) is 19.8 Å². The van der Waals surface area contributed by atoms with Crippen LogP contribution in [-0.2, 0) is 6.54 Å². The van der Waals surface area contributed by atoms with E-state index in [1.165, 1.54) is 17.0 Å². The van der Waals surface area contributed by atoms with Crippen molar-refractivity contribution in [2.45, 2.75) is 34.2 Å². The van der Waals surface area contributed by atoms with Gasteiger partial charge in [0, 0.05) is 23.3 Å². The summed E-state index contributed by atoms with van der Waals surface area (Å²) in [6.07, 6.45) is 0. The topological polar surface area (TPSA) is 4.93 Å². The van der Waals surface area contributed by atoms with Gasteiger partial charge in [0.25, 0.3) is 0 Å². The highest BCUT2D eigenvalue weighted by atomic mass is 79.9. The molecule has 0 atom stereocenters. The number of halogens is 1. The second-order valence-corrected chi connectivity index (χ2v) is 5.09. The first-order valence-electron chi connectivity index (χ1n) is 5.38. The zero-order chi connectivity index (χ0) is 11.6. The lowest BCUT2D eigenvalue weighted by molar-refractivity contribution is 0.509. The van der Waals surface area contributed by atoms with Gasteiger partial charge in [-0.1, -0.05) is 36.4 Å². The normalized spacial score (nSPS) is 11.1. The molecule has 0 aromatic carbocycles. The van der Waals surface area contributed by atoms with Gasteiger partial charge in [0.2, 0.25) is 0 Å². The summed E-state index contributed by atoms with van der Waals surface area (Å²) in [5, 5.41) is 0.846. The number of alkyl halides is 1. The van der Waals surface area contributed by atoms with E-state index >= 15 is 0 Å². The maximum absolute atomic E-state index is 4.08. The Balaban J connectivity index is 3.08. The van der Waals surface area contributed by atoms with Gasteiger partial charge >= 0.3 is 0 Å². The number of nitrogens with zero attached hydrogens (tertiary/aromatic N) is 1. The molecule has 0 spiro atoms. The van der Waals surface area contributed by atoms with Crippen LogP contribution in [0.25, 0.3) is 5.57 Å². The first-order valence-corrected chi connectivity index (χ1v) is 6.50. The van der Waals surface area contributed by atoms with E-state index < -0.39 is 0 Å². The van der Waals surface area contributed by atoms with E-state index in [9.17, 15) is 0 Å². The highest BCUT2D eigenvalue weighted by Crippen LogP contribution is 2.23. The van der Waals surface area contributed by atoms with Crippen molar-refractivity contribution >= 4 is 21.5 Å². The fourth-order valence-corrected chi connectivity index (χ4v) is 2.18. The summed E-state index contributed by atoms with van der Waals surface area (Å²) in [5.41, 5.74) is 5.13. The first-order chi connectivity index (χ1) is 6.97. The average molecular weight is 270 g/mol. The molecule has 0 aliphatic heterocycles. The number of aromatic nitrogens is 1. The molecule has 0 bridgehead atoms. The van der Waals surface area contributed by atoms with Gasteiger partial charge in [0.1, 0.15) is 0 Å². The monoisotopic (exact) mass is 269 g/mol. The lowest BCUT2D eigenvalue weighted by Crippen LogP contribution is -2.07. The predicted molar refractivity (Wildman–Crippen MR) is 71.6 cm³/mol. The van der Waals surface area contributed by atoms with Gasteiger partial charge in [-0.3, -0.25) is 0 Å². The highest BCUT2D eigenvalue weighted by Gasteiger charge is 2.11. The second kappa shape index (κ2) is 5.02. The number of allylic oxidation sites excluding steroid dienone is 1. The van der Waals surface area contributed by atoms with Gasteiger partial charge < -0.3 is 4.57 Å². The van der Waals surface area contributed by atoms with Crippen LogP contribution in [0.4, 0.5) is 0 Å². The Hall–Kier alpha value is -0.500. The molecule has 0 amide bonds. The minimum atomic E-state index is 0.680. The minimum Gasteiger partial charge on any atom is -0.348 e. The second-order valence-electron chi connectivity index (χ2n) is 4.53. The quantitative estimate of drug-likeness (QED) is 0.724. The van der Waals surface area contributed by atoms with E-state index in [1.54, 1.807) is 0 Å². The van der Waals surface area contributed by atoms with Crippen molar-refractivity contribution in [3.05, 3.63) is 29.6 Å². The summed E-state index contributed by atoms with van der Waals surface area (Å²) in [6, 6.07) is 2.24. The number of hydrogen-bond acceptors (Lipinski definition) is 0. The molecule has 0 aliphatic rings. The zero-order valence-electron chi connectivity index (χ0n) is 10.1. The number of aryl methyl sites for hydroxylation is 1. The Morgan fingerprint density at radius 1 is 1.47 bits per heavy atom. The number of hydrogen-bond donors (Lipinski definition) is 0. The van der Waals surface area contributed by atoms with Crippen molar-refractivity contribution in [3.63, 3.8) is 0 Å². The third-order valence-electron chi connectivity index (χ3n) is 2.66. The van der Waals surface area contributed by atoms with Crippen molar-refractivity contribution < 1.29 is 0 Å². The maximum Gasteiger partial charge on any atom is 0.0283 e. The Morgan fingerprint density at radius 2 is 2.07 bits per heavy atom. The van der Waals surface area contributed by atoms with Crippen LogP contribution in [0.15, 0.2) is 12.6 Å². The highest BCUT2D eigenvalue weighted by molar-refractivity contribution is 9.09. The molecule has 15 heavy (non-hydrogen) atoms. The van der Waals surface area contributed by atoms with E-state index in [1.807, 2.05) is 0 Å². The lowest BCUT2D eigenvalue weighted by Gasteiger charge is -2.12. The van der Waals surface area contributed by atoms with Crippen LogP contribution in [-0.4, -0.2) is 9.90 Å². The van der Waals surface area contributed by atoms with Crippen LogP contribution in [0.1, 0.15) is 30.8 Å². The first kappa shape index (κ1) is 12.6. The molecule has 1 heterocycles. The maximum atomic E-state index is 4.08. The van der Waals surface area contributed by atoms with E-state index in [4.69, 9.17) is 0 Å². The molecule has 0 N–H and O–H groups in total. The smallest absolute Gasteiger partial charge is 0.0283 e. The Labute approximate surface area is 101 Å². The average Bonchev–Trinajstić information content (AvgIpc) is 2.44. The van der Waals surface area contributed by atoms with Crippen molar-refractivity contribution in [2.75, 3.05) is 5.33 Å². The predicted octanol–water partition coefficient (Wildman–Crippen LogP) is 4.17. The van der Waals surface area contributed by atoms with Gasteiger partial charge in [-0.2, -0.15) is 0 Å². The SMILES string of the molecule is C=C(CBr)c1cc(C)n(CC(C)C)c1C. The van der Waals surface area contributed by atoms with E-state index in [2.05, 4.69) is 60.8 Å². The molecule has 0 saturated heterocycles. The third kappa shape index (κ3) is 2.75. The molecular formula is C13H20BrN.